The number of nitrogens with zero attached hydrogens (tertiary/aromatic N) is 8. The van der Waals surface area contributed by atoms with Crippen LogP contribution in [0.3, 0.4) is 0 Å². The van der Waals surface area contributed by atoms with Gasteiger partial charge in [0.15, 0.2) is 17.1 Å². The molecule has 6 heterocycles. The van der Waals surface area contributed by atoms with Crippen LogP contribution in [0.1, 0.15) is 23.7 Å². The third-order valence-corrected chi connectivity index (χ3v) is 6.28. The van der Waals surface area contributed by atoms with E-state index >= 15 is 0 Å². The number of fused-ring (bicyclic) bond motifs is 4. The largest absolute Gasteiger partial charge is 0.461 e. The van der Waals surface area contributed by atoms with E-state index in [0.717, 1.165) is 26.1 Å². The van der Waals surface area contributed by atoms with Gasteiger partial charge in [-0.05, 0) is 37.1 Å². The molecule has 33 heavy (non-hydrogen) atoms. The molecule has 0 amide bonds. The second-order valence-electron chi connectivity index (χ2n) is 8.42. The average Bonchev–Trinajstić information content (AvgIpc) is 3.54. The van der Waals surface area contributed by atoms with Gasteiger partial charge in [-0.25, -0.2) is 14.8 Å². The maximum absolute atomic E-state index is 13.3. The number of hydrogen-bond donors (Lipinski definition) is 0. The zero-order chi connectivity index (χ0) is 22.5. The Morgan fingerprint density at radius 3 is 2.88 bits per heavy atom. The molecular formula is C23H24N8O2. The molecule has 0 bridgehead atoms. The lowest BCUT2D eigenvalue weighted by Gasteiger charge is -2.28. The zero-order valence-corrected chi connectivity index (χ0v) is 18.6. The molecule has 0 aliphatic carbocycles. The molecule has 10 nitrogen and oxygen atoms in total. The Morgan fingerprint density at radius 2 is 2.06 bits per heavy atom. The maximum Gasteiger partial charge on any atom is 0.330 e. The van der Waals surface area contributed by atoms with Gasteiger partial charge in [-0.1, -0.05) is 6.07 Å². The van der Waals surface area contributed by atoms with E-state index in [0.29, 0.717) is 41.5 Å². The molecule has 5 aromatic heterocycles. The topological polar surface area (TPSA) is 99.3 Å². The highest BCUT2D eigenvalue weighted by atomic mass is 16.3. The minimum absolute atomic E-state index is 0.0782. The average molecular weight is 444 g/mol. The molecule has 0 aromatic carbocycles. The first-order chi connectivity index (χ1) is 16.1. The van der Waals surface area contributed by atoms with Crippen molar-refractivity contribution >= 4 is 16.8 Å². The summed E-state index contributed by atoms with van der Waals surface area (Å²) in [5.41, 5.74) is 5.47. The van der Waals surface area contributed by atoms with E-state index in [1.165, 1.54) is 16.8 Å². The molecule has 0 saturated heterocycles. The summed E-state index contributed by atoms with van der Waals surface area (Å²) in [6.07, 6.45) is 6.06. The fraction of sp³-hybridized carbons (Fsp3) is 0.348. The van der Waals surface area contributed by atoms with E-state index in [4.69, 9.17) is 4.42 Å². The van der Waals surface area contributed by atoms with Crippen molar-refractivity contribution in [2.24, 2.45) is 0 Å². The van der Waals surface area contributed by atoms with Gasteiger partial charge in [-0.2, -0.15) is 4.52 Å². The Morgan fingerprint density at radius 1 is 1.15 bits per heavy atom. The minimum atomic E-state index is -0.0782. The van der Waals surface area contributed by atoms with E-state index in [1.807, 2.05) is 19.2 Å². The molecule has 0 N–H and O–H groups in total. The number of aryl methyl sites for hydroxylation is 2. The van der Waals surface area contributed by atoms with E-state index in [2.05, 4.69) is 37.9 Å². The first-order valence-electron chi connectivity index (χ1n) is 11.2. The highest BCUT2D eigenvalue weighted by Crippen LogP contribution is 2.22. The van der Waals surface area contributed by atoms with E-state index in [-0.39, 0.29) is 5.69 Å². The van der Waals surface area contributed by atoms with Crippen molar-refractivity contribution in [3.05, 3.63) is 64.3 Å². The third kappa shape index (κ3) is 3.25. The summed E-state index contributed by atoms with van der Waals surface area (Å²) >= 11 is 0. The third-order valence-electron chi connectivity index (χ3n) is 6.28. The van der Waals surface area contributed by atoms with Crippen molar-refractivity contribution in [3.63, 3.8) is 0 Å². The van der Waals surface area contributed by atoms with Crippen molar-refractivity contribution in [3.8, 4) is 11.6 Å². The lowest BCUT2D eigenvalue weighted by Crippen LogP contribution is -2.35. The molecule has 1 aliphatic heterocycles. The number of hydrogen-bond acceptors (Lipinski definition) is 7. The van der Waals surface area contributed by atoms with Crippen LogP contribution in [0.2, 0.25) is 0 Å². The van der Waals surface area contributed by atoms with Gasteiger partial charge in [-0.3, -0.25) is 19.0 Å². The molecule has 6 rings (SSSR count). The lowest BCUT2D eigenvalue weighted by molar-refractivity contribution is 0.241. The predicted octanol–water partition coefficient (Wildman–Crippen LogP) is 2.28. The van der Waals surface area contributed by atoms with Crippen LogP contribution in [0.4, 0.5) is 0 Å². The Bertz CT molecular complexity index is 1530. The molecule has 5 aromatic rings. The van der Waals surface area contributed by atoms with Crippen LogP contribution in [0.15, 0.2) is 46.2 Å². The summed E-state index contributed by atoms with van der Waals surface area (Å²) in [6, 6.07) is 5.82. The van der Waals surface area contributed by atoms with Gasteiger partial charge in [0.05, 0.1) is 6.26 Å². The number of aromatic nitrogens is 7. The summed E-state index contributed by atoms with van der Waals surface area (Å²) < 4.78 is 10.5. The summed E-state index contributed by atoms with van der Waals surface area (Å²) in [5, 5.41) is 4.48. The van der Waals surface area contributed by atoms with Crippen molar-refractivity contribution in [1.82, 2.24) is 38.6 Å². The Labute approximate surface area is 189 Å². The van der Waals surface area contributed by atoms with Crippen LogP contribution in [-0.4, -0.2) is 51.7 Å². The standard InChI is InChI=1S/C23H24N8O2/c1-3-29-19-21(25-14-31-22(19)26-20(27-31)18-5-4-10-33-18)30(23(29)32)9-8-28-7-6-17-16(13-28)11-15(2)12-24-17/h4-5,10-12,14H,3,6-9,13H2,1-2H3. The molecule has 0 radical (unpaired) electrons. The van der Waals surface area contributed by atoms with Crippen molar-refractivity contribution in [2.75, 3.05) is 13.1 Å². The smallest absolute Gasteiger partial charge is 0.330 e. The van der Waals surface area contributed by atoms with Gasteiger partial charge in [-0.15, -0.1) is 5.10 Å². The molecular weight excluding hydrogens is 420 g/mol. The van der Waals surface area contributed by atoms with Gasteiger partial charge in [0.1, 0.15) is 11.8 Å². The molecule has 168 valence electrons. The van der Waals surface area contributed by atoms with Crippen molar-refractivity contribution < 1.29 is 4.42 Å². The number of pyridine rings is 1. The van der Waals surface area contributed by atoms with E-state index in [9.17, 15) is 4.79 Å². The van der Waals surface area contributed by atoms with Gasteiger partial charge in [0.25, 0.3) is 0 Å². The maximum atomic E-state index is 13.3. The van der Waals surface area contributed by atoms with Crippen LogP contribution in [-0.2, 0) is 26.1 Å². The van der Waals surface area contributed by atoms with Crippen LogP contribution in [0, 0.1) is 6.92 Å². The minimum Gasteiger partial charge on any atom is -0.461 e. The molecule has 0 saturated carbocycles. The normalized spacial score (nSPS) is 14.4. The summed E-state index contributed by atoms with van der Waals surface area (Å²) in [7, 11) is 0. The number of furan rings is 1. The van der Waals surface area contributed by atoms with Crippen molar-refractivity contribution in [1.29, 1.82) is 0 Å². The van der Waals surface area contributed by atoms with Gasteiger partial charge < -0.3 is 4.42 Å². The molecule has 0 fully saturated rings. The van der Waals surface area contributed by atoms with Crippen LogP contribution >= 0.6 is 0 Å². The molecule has 10 heteroatoms. The quantitative estimate of drug-likeness (QED) is 0.410. The Balaban J connectivity index is 1.35. The number of rotatable bonds is 5. The van der Waals surface area contributed by atoms with Crippen LogP contribution < -0.4 is 5.69 Å². The predicted molar refractivity (Wildman–Crippen MR) is 122 cm³/mol. The Hall–Kier alpha value is -3.79. The van der Waals surface area contributed by atoms with E-state index in [1.54, 1.807) is 32.3 Å². The Kier molecular flexibility index (Phi) is 4.61. The molecule has 0 unspecified atom stereocenters. The van der Waals surface area contributed by atoms with Crippen LogP contribution in [0.5, 0.6) is 0 Å². The second-order valence-corrected chi connectivity index (χ2v) is 8.42. The van der Waals surface area contributed by atoms with Gasteiger partial charge in [0.2, 0.25) is 5.82 Å². The van der Waals surface area contributed by atoms with Crippen molar-refractivity contribution in [2.45, 2.75) is 39.9 Å². The molecule has 0 atom stereocenters. The number of imidazole rings is 1. The van der Waals surface area contributed by atoms with Gasteiger partial charge in [0, 0.05) is 51.0 Å². The van der Waals surface area contributed by atoms with Crippen LogP contribution in [0.25, 0.3) is 28.4 Å². The summed E-state index contributed by atoms with van der Waals surface area (Å²) in [4.78, 5) is 29.5. The highest BCUT2D eigenvalue weighted by molar-refractivity contribution is 5.86. The monoisotopic (exact) mass is 444 g/mol. The fourth-order valence-electron chi connectivity index (χ4n) is 4.65. The summed E-state index contributed by atoms with van der Waals surface area (Å²) in [6.45, 7) is 7.63. The fourth-order valence-corrected chi connectivity index (χ4v) is 4.65. The van der Waals surface area contributed by atoms with E-state index < -0.39 is 0 Å². The molecule has 0 spiro atoms. The lowest BCUT2D eigenvalue weighted by atomic mass is 10.0. The first-order valence-corrected chi connectivity index (χ1v) is 11.2. The SMILES string of the molecule is CCn1c(=O)n(CCN2CCc3ncc(C)cc3C2)c2ncn3nc(-c4ccco4)nc3c21. The zero-order valence-electron chi connectivity index (χ0n) is 18.6. The summed E-state index contributed by atoms with van der Waals surface area (Å²) in [5.74, 6) is 1.04. The second kappa shape index (κ2) is 7.66. The molecule has 1 aliphatic rings. The van der Waals surface area contributed by atoms with Gasteiger partial charge >= 0.3 is 5.69 Å². The first kappa shape index (κ1) is 19.9. The highest BCUT2D eigenvalue weighted by Gasteiger charge is 2.22.